The summed E-state index contributed by atoms with van der Waals surface area (Å²) in [4.78, 5) is 39.1. The highest BCUT2D eigenvalue weighted by molar-refractivity contribution is 6.09. The molecule has 2 aromatic carbocycles. The van der Waals surface area contributed by atoms with Crippen LogP contribution in [-0.4, -0.2) is 35.4 Å². The third kappa shape index (κ3) is 4.39. The molecular formula is C25H30NO5+. The van der Waals surface area contributed by atoms with E-state index in [1.165, 1.54) is 7.11 Å². The second kappa shape index (κ2) is 9.43. The first kappa shape index (κ1) is 22.7. The number of ether oxygens (including phenoxy) is 2. The molecule has 2 aromatic rings. The van der Waals surface area contributed by atoms with Crippen LogP contribution < -0.4 is 4.74 Å². The zero-order valence-electron chi connectivity index (χ0n) is 18.5. The number of rotatable bonds is 9. The Morgan fingerprint density at radius 3 is 2.06 bits per heavy atom. The molecule has 0 aliphatic carbocycles. The van der Waals surface area contributed by atoms with E-state index >= 15 is 0 Å². The molecule has 0 spiro atoms. The van der Waals surface area contributed by atoms with Crippen molar-refractivity contribution >= 4 is 17.8 Å². The average molecular weight is 425 g/mol. The minimum atomic E-state index is -0.840. The van der Waals surface area contributed by atoms with Crippen molar-refractivity contribution in [3.05, 3.63) is 60.2 Å². The summed E-state index contributed by atoms with van der Waals surface area (Å²) in [6.45, 7) is 5.88. The Kier molecular flexibility index (Phi) is 6.91. The van der Waals surface area contributed by atoms with Gasteiger partial charge < -0.3 is 9.47 Å². The molecule has 6 nitrogen and oxygen atoms in total. The average Bonchev–Trinajstić information content (AvgIpc) is 2.77. The van der Waals surface area contributed by atoms with Gasteiger partial charge in [0.2, 0.25) is 6.04 Å². The van der Waals surface area contributed by atoms with E-state index in [2.05, 4.69) is 0 Å². The summed E-state index contributed by atoms with van der Waals surface area (Å²) < 4.78 is 10.3. The number of para-hydroxylation sites is 1. The van der Waals surface area contributed by atoms with Crippen molar-refractivity contribution in [3.63, 3.8) is 0 Å². The van der Waals surface area contributed by atoms with Crippen LogP contribution in [0, 0.1) is 11.8 Å². The Hall–Kier alpha value is -2.99. The summed E-state index contributed by atoms with van der Waals surface area (Å²) in [5.41, 5.74) is 0.786. The number of hydrogen-bond acceptors (Lipinski definition) is 5. The highest BCUT2D eigenvalue weighted by Gasteiger charge is 2.68. The Labute approximate surface area is 183 Å². The quantitative estimate of drug-likeness (QED) is 0.257. The van der Waals surface area contributed by atoms with Gasteiger partial charge in [0, 0.05) is 12.0 Å². The van der Waals surface area contributed by atoms with E-state index in [1.54, 1.807) is 12.1 Å². The van der Waals surface area contributed by atoms with Gasteiger partial charge >= 0.3 is 17.8 Å². The molecule has 1 fully saturated rings. The first-order chi connectivity index (χ1) is 14.8. The second-order valence-electron chi connectivity index (χ2n) is 8.39. The largest absolute Gasteiger partial charge is 0.465 e. The van der Waals surface area contributed by atoms with E-state index in [1.807, 2.05) is 63.2 Å². The van der Waals surface area contributed by atoms with Gasteiger partial charge in [-0.2, -0.15) is 4.48 Å². The van der Waals surface area contributed by atoms with Gasteiger partial charge in [0.25, 0.3) is 0 Å². The number of nitrogens with zero attached hydrogens (tertiary/aromatic N) is 1. The maximum atomic E-state index is 13.2. The van der Waals surface area contributed by atoms with Crippen molar-refractivity contribution in [2.24, 2.45) is 11.8 Å². The van der Waals surface area contributed by atoms with Crippen LogP contribution in [0.1, 0.15) is 39.2 Å². The fourth-order valence-electron chi connectivity index (χ4n) is 4.24. The van der Waals surface area contributed by atoms with Crippen LogP contribution in [0.3, 0.4) is 0 Å². The number of β-lactam (4-membered cyclic amide) rings is 2. The number of amides is 2. The normalized spacial score (nSPS) is 21.5. The van der Waals surface area contributed by atoms with Crippen molar-refractivity contribution in [2.75, 3.05) is 7.11 Å². The van der Waals surface area contributed by atoms with Crippen molar-refractivity contribution in [1.82, 2.24) is 0 Å². The number of quaternary nitrogens is 1. The van der Waals surface area contributed by atoms with Gasteiger partial charge in [-0.15, -0.1) is 0 Å². The second-order valence-corrected chi connectivity index (χ2v) is 8.39. The summed E-state index contributed by atoms with van der Waals surface area (Å²) in [5.74, 6) is -0.0708. The van der Waals surface area contributed by atoms with E-state index in [0.29, 0.717) is 18.6 Å². The monoisotopic (exact) mass is 424 g/mol. The Morgan fingerprint density at radius 1 is 0.968 bits per heavy atom. The number of methoxy groups -OCH3 is 1. The van der Waals surface area contributed by atoms with Gasteiger partial charge in [-0.25, -0.2) is 14.4 Å². The molecule has 0 radical (unpaired) electrons. The van der Waals surface area contributed by atoms with Crippen molar-refractivity contribution < 1.29 is 28.3 Å². The van der Waals surface area contributed by atoms with Crippen LogP contribution in [-0.2, 0) is 25.7 Å². The first-order valence-electron chi connectivity index (χ1n) is 10.7. The zero-order chi connectivity index (χ0) is 22.6. The van der Waals surface area contributed by atoms with Crippen LogP contribution in [0.25, 0.3) is 0 Å². The molecule has 2 amide bonds. The Bertz CT molecular complexity index is 920. The smallest absolute Gasteiger partial charge is 0.365 e. The number of likely N-dealkylation sites (tertiary alicyclic amines) is 1. The predicted octanol–water partition coefficient (Wildman–Crippen LogP) is 4.48. The highest BCUT2D eigenvalue weighted by Crippen LogP contribution is 2.40. The summed E-state index contributed by atoms with van der Waals surface area (Å²) in [7, 11) is 1.30. The number of benzene rings is 2. The van der Waals surface area contributed by atoms with E-state index in [9.17, 15) is 14.4 Å². The highest BCUT2D eigenvalue weighted by atomic mass is 16.5. The summed E-state index contributed by atoms with van der Waals surface area (Å²) in [5, 5.41) is 0. The van der Waals surface area contributed by atoms with Gasteiger partial charge in [-0.3, -0.25) is 0 Å². The van der Waals surface area contributed by atoms with Crippen molar-refractivity contribution in [3.8, 4) is 11.5 Å². The van der Waals surface area contributed by atoms with Crippen molar-refractivity contribution in [2.45, 2.75) is 46.2 Å². The number of carbonyl (C=O) groups excluding carboxylic acids is 3. The number of esters is 1. The lowest BCUT2D eigenvalue weighted by atomic mass is 9.84. The van der Waals surface area contributed by atoms with Crippen LogP contribution in [0.2, 0.25) is 0 Å². The van der Waals surface area contributed by atoms with E-state index in [0.717, 1.165) is 11.3 Å². The molecule has 164 valence electrons. The molecule has 1 atom stereocenters. The molecule has 0 saturated carbocycles. The molecular weight excluding hydrogens is 394 g/mol. The molecule has 0 aromatic heterocycles. The topological polar surface area (TPSA) is 69.7 Å². The molecule has 1 aliphatic rings. The minimum absolute atomic E-state index is 0.127. The summed E-state index contributed by atoms with van der Waals surface area (Å²) in [6, 6.07) is 15.9. The molecule has 1 unspecified atom stereocenters. The van der Waals surface area contributed by atoms with Gasteiger partial charge in [0.1, 0.15) is 18.0 Å². The van der Waals surface area contributed by atoms with Gasteiger partial charge in [-0.1, -0.05) is 39.0 Å². The third-order valence-corrected chi connectivity index (χ3v) is 5.83. The van der Waals surface area contributed by atoms with Gasteiger partial charge in [0.15, 0.2) is 5.92 Å². The Balaban J connectivity index is 1.89. The standard InChI is InChI=1S/C25H30NO5/c1-5-21-23(27)26(24(21)28,22(15-17(2)3)25(29)30-4)16-18-11-13-20(14-12-18)31-19-9-7-6-8-10-19/h6-14,17,21-22H,5,15-16H2,1-4H3/q+1. The lowest BCUT2D eigenvalue weighted by Gasteiger charge is -2.47. The SMILES string of the molecule is CCC1C(=O)[N+](Cc2ccc(Oc3ccccc3)cc2)(C(CC(C)C)C(=O)OC)C1=O. The molecule has 0 bridgehead atoms. The van der Waals surface area contributed by atoms with E-state index in [4.69, 9.17) is 9.47 Å². The van der Waals surface area contributed by atoms with Crippen LogP contribution in [0.15, 0.2) is 54.6 Å². The third-order valence-electron chi connectivity index (χ3n) is 5.83. The van der Waals surface area contributed by atoms with Crippen LogP contribution in [0.4, 0.5) is 0 Å². The maximum absolute atomic E-state index is 13.2. The summed E-state index contributed by atoms with van der Waals surface area (Å²) >= 11 is 0. The molecule has 0 N–H and O–H groups in total. The van der Waals surface area contributed by atoms with Crippen LogP contribution >= 0.6 is 0 Å². The zero-order valence-corrected chi connectivity index (χ0v) is 18.5. The number of imide groups is 1. The first-order valence-corrected chi connectivity index (χ1v) is 10.7. The lowest BCUT2D eigenvalue weighted by molar-refractivity contribution is -0.834. The fourth-order valence-corrected chi connectivity index (χ4v) is 4.24. The molecule has 6 heteroatoms. The van der Waals surface area contributed by atoms with E-state index in [-0.39, 0.29) is 24.3 Å². The van der Waals surface area contributed by atoms with Gasteiger partial charge in [-0.05, 0) is 48.7 Å². The van der Waals surface area contributed by atoms with Crippen molar-refractivity contribution in [1.29, 1.82) is 0 Å². The molecule has 31 heavy (non-hydrogen) atoms. The number of carbonyl (C=O) groups is 3. The molecule has 1 aliphatic heterocycles. The maximum Gasteiger partial charge on any atom is 0.365 e. The molecule has 3 rings (SSSR count). The van der Waals surface area contributed by atoms with Crippen LogP contribution in [0.5, 0.6) is 11.5 Å². The summed E-state index contributed by atoms with van der Waals surface area (Å²) in [6.07, 6.45) is 0.840. The lowest BCUT2D eigenvalue weighted by Crippen LogP contribution is -2.77. The van der Waals surface area contributed by atoms with Gasteiger partial charge in [0.05, 0.1) is 7.11 Å². The predicted molar refractivity (Wildman–Crippen MR) is 116 cm³/mol. The Morgan fingerprint density at radius 2 is 1.55 bits per heavy atom. The fraction of sp³-hybridized carbons (Fsp3) is 0.400. The number of hydrogen-bond donors (Lipinski definition) is 0. The molecule has 1 saturated heterocycles. The minimum Gasteiger partial charge on any atom is -0.465 e. The molecule has 1 heterocycles. The van der Waals surface area contributed by atoms with E-state index < -0.39 is 22.4 Å².